The summed E-state index contributed by atoms with van der Waals surface area (Å²) in [6.45, 7) is 1.90. The van der Waals surface area contributed by atoms with Gasteiger partial charge in [-0.05, 0) is 54.4 Å². The van der Waals surface area contributed by atoms with Gasteiger partial charge < -0.3 is 0 Å². The van der Waals surface area contributed by atoms with Crippen molar-refractivity contribution in [1.82, 2.24) is 15.2 Å². The zero-order chi connectivity index (χ0) is 20.6. The maximum atomic E-state index is 14.5. The largest absolute Gasteiger partial charge is 0.284 e. The number of benzene rings is 2. The van der Waals surface area contributed by atoms with Gasteiger partial charge in [0.25, 0.3) is 0 Å². The molecule has 0 bridgehead atoms. The molecule has 0 fully saturated rings. The Morgan fingerprint density at radius 1 is 0.966 bits per heavy atom. The lowest BCUT2D eigenvalue weighted by atomic mass is 9.98. The molecule has 29 heavy (non-hydrogen) atoms. The zero-order valence-electron chi connectivity index (χ0n) is 15.4. The summed E-state index contributed by atoms with van der Waals surface area (Å²) in [5.74, 6) is -0.421. The van der Waals surface area contributed by atoms with E-state index in [1.165, 1.54) is 30.3 Å². The molecular formula is C21H17FN4O2S. The summed E-state index contributed by atoms with van der Waals surface area (Å²) in [7, 11) is -3.81. The number of sulfonamides is 1. The van der Waals surface area contributed by atoms with Gasteiger partial charge in [0.15, 0.2) is 0 Å². The number of H-pyrrole nitrogens is 1. The van der Waals surface area contributed by atoms with E-state index in [9.17, 15) is 12.8 Å². The summed E-state index contributed by atoms with van der Waals surface area (Å²) >= 11 is 0. The van der Waals surface area contributed by atoms with Gasteiger partial charge >= 0.3 is 0 Å². The first-order valence-electron chi connectivity index (χ1n) is 8.74. The van der Waals surface area contributed by atoms with Gasteiger partial charge in [-0.15, -0.1) is 0 Å². The lowest BCUT2D eigenvalue weighted by Crippen LogP contribution is -2.11. The van der Waals surface area contributed by atoms with Crippen LogP contribution in [0.4, 0.5) is 4.39 Å². The van der Waals surface area contributed by atoms with E-state index in [0.29, 0.717) is 22.5 Å². The molecule has 3 N–H and O–H groups in total. The van der Waals surface area contributed by atoms with Crippen molar-refractivity contribution in [3.05, 3.63) is 78.4 Å². The van der Waals surface area contributed by atoms with Crippen LogP contribution in [0.25, 0.3) is 33.6 Å². The summed E-state index contributed by atoms with van der Waals surface area (Å²) in [5.41, 5.74) is 4.66. The molecule has 4 rings (SSSR count). The van der Waals surface area contributed by atoms with Gasteiger partial charge in [0.2, 0.25) is 10.0 Å². The molecule has 0 saturated heterocycles. The van der Waals surface area contributed by atoms with Crippen molar-refractivity contribution in [1.29, 1.82) is 0 Å². The van der Waals surface area contributed by atoms with Crippen molar-refractivity contribution in [2.45, 2.75) is 11.8 Å². The molecule has 2 aromatic carbocycles. The third-order valence-corrected chi connectivity index (χ3v) is 5.47. The van der Waals surface area contributed by atoms with Crippen LogP contribution in [0, 0.1) is 12.7 Å². The Hall–Kier alpha value is -3.36. The summed E-state index contributed by atoms with van der Waals surface area (Å²) in [5, 5.41) is 12.3. The van der Waals surface area contributed by atoms with Crippen LogP contribution in [0.2, 0.25) is 0 Å². The highest BCUT2D eigenvalue weighted by molar-refractivity contribution is 7.89. The Kier molecular flexibility index (Phi) is 4.73. The number of primary sulfonamides is 1. The maximum Gasteiger partial charge on any atom is 0.238 e. The zero-order valence-corrected chi connectivity index (χ0v) is 16.2. The average Bonchev–Trinajstić information content (AvgIpc) is 3.18. The van der Waals surface area contributed by atoms with Gasteiger partial charge in [0.1, 0.15) is 11.5 Å². The minimum absolute atomic E-state index is 0.0274. The Labute approximate surface area is 167 Å². The molecule has 0 atom stereocenters. The van der Waals surface area contributed by atoms with Crippen LogP contribution in [-0.2, 0) is 10.0 Å². The highest BCUT2D eigenvalue weighted by atomic mass is 32.2. The van der Waals surface area contributed by atoms with E-state index < -0.39 is 15.8 Å². The molecule has 6 nitrogen and oxygen atoms in total. The quantitative estimate of drug-likeness (QED) is 0.535. The van der Waals surface area contributed by atoms with E-state index in [1.54, 1.807) is 18.3 Å². The topological polar surface area (TPSA) is 102 Å². The molecular weight excluding hydrogens is 391 g/mol. The average molecular weight is 408 g/mol. The number of nitrogens with two attached hydrogens (primary N) is 1. The Morgan fingerprint density at radius 3 is 2.38 bits per heavy atom. The number of aromatic amines is 1. The summed E-state index contributed by atoms with van der Waals surface area (Å²) in [6, 6.07) is 16.2. The fourth-order valence-electron chi connectivity index (χ4n) is 3.12. The van der Waals surface area contributed by atoms with Gasteiger partial charge in [-0.25, -0.2) is 17.9 Å². The second kappa shape index (κ2) is 7.23. The number of aryl methyl sites for hydroxylation is 1. The van der Waals surface area contributed by atoms with E-state index in [4.69, 9.17) is 5.14 Å². The number of aromatic nitrogens is 3. The molecule has 146 valence electrons. The third kappa shape index (κ3) is 3.80. The number of nitrogens with one attached hydrogen (secondary N) is 1. The predicted molar refractivity (Wildman–Crippen MR) is 109 cm³/mol. The SMILES string of the molecule is Cc1cccc(-c2n[nH]cc2-c2ccc(F)c(-c3ccc(S(N)(=O)=O)cc3)c2)n1. The van der Waals surface area contributed by atoms with Crippen LogP contribution < -0.4 is 5.14 Å². The molecule has 0 saturated carbocycles. The minimum atomic E-state index is -3.81. The van der Waals surface area contributed by atoms with E-state index in [0.717, 1.165) is 16.8 Å². The van der Waals surface area contributed by atoms with Crippen LogP contribution >= 0.6 is 0 Å². The molecule has 4 aromatic rings. The second-order valence-corrected chi connectivity index (χ2v) is 8.14. The van der Waals surface area contributed by atoms with E-state index in [-0.39, 0.29) is 4.90 Å². The highest BCUT2D eigenvalue weighted by Crippen LogP contribution is 2.33. The van der Waals surface area contributed by atoms with Crippen LogP contribution in [-0.4, -0.2) is 23.6 Å². The van der Waals surface area contributed by atoms with Gasteiger partial charge in [-0.1, -0.05) is 24.3 Å². The van der Waals surface area contributed by atoms with Crippen LogP contribution in [0.1, 0.15) is 5.69 Å². The van der Waals surface area contributed by atoms with Gasteiger partial charge in [-0.2, -0.15) is 5.10 Å². The maximum absolute atomic E-state index is 14.5. The second-order valence-electron chi connectivity index (χ2n) is 6.58. The monoisotopic (exact) mass is 408 g/mol. The molecule has 0 spiro atoms. The fraction of sp³-hybridized carbons (Fsp3) is 0.0476. The van der Waals surface area contributed by atoms with Crippen molar-refractivity contribution in [2.24, 2.45) is 5.14 Å². The van der Waals surface area contributed by atoms with Crippen molar-refractivity contribution < 1.29 is 12.8 Å². The number of pyridine rings is 1. The molecule has 0 aliphatic carbocycles. The lowest BCUT2D eigenvalue weighted by Gasteiger charge is -2.09. The van der Waals surface area contributed by atoms with Crippen LogP contribution in [0.5, 0.6) is 0 Å². The minimum Gasteiger partial charge on any atom is -0.284 e. The van der Waals surface area contributed by atoms with Crippen LogP contribution in [0.3, 0.4) is 0 Å². The Bertz CT molecular complexity index is 1300. The van der Waals surface area contributed by atoms with E-state index in [2.05, 4.69) is 15.2 Å². The number of hydrogen-bond donors (Lipinski definition) is 2. The third-order valence-electron chi connectivity index (χ3n) is 4.54. The first-order valence-corrected chi connectivity index (χ1v) is 10.3. The van der Waals surface area contributed by atoms with E-state index in [1.807, 2.05) is 25.1 Å². The van der Waals surface area contributed by atoms with Crippen molar-refractivity contribution in [2.75, 3.05) is 0 Å². The Balaban J connectivity index is 1.79. The standard InChI is InChI=1S/C21H17FN4O2S/c1-13-3-2-4-20(25-13)21-18(12-24-26-21)15-7-10-19(22)17(11-15)14-5-8-16(9-6-14)29(23,27)28/h2-12H,1H3,(H,24,26)(H2,23,27,28). The summed E-state index contributed by atoms with van der Waals surface area (Å²) < 4.78 is 37.4. The van der Waals surface area contributed by atoms with Gasteiger partial charge in [0, 0.05) is 23.0 Å². The molecule has 0 unspecified atom stereocenters. The number of hydrogen-bond acceptors (Lipinski definition) is 4. The molecule has 2 heterocycles. The fourth-order valence-corrected chi connectivity index (χ4v) is 3.63. The number of halogens is 1. The van der Waals surface area contributed by atoms with Crippen LogP contribution in [0.15, 0.2) is 71.8 Å². The highest BCUT2D eigenvalue weighted by Gasteiger charge is 2.15. The van der Waals surface area contributed by atoms with Crippen molar-refractivity contribution >= 4 is 10.0 Å². The first kappa shape index (κ1) is 19.0. The number of rotatable bonds is 4. The normalized spacial score (nSPS) is 11.6. The van der Waals surface area contributed by atoms with Gasteiger partial charge in [-0.3, -0.25) is 10.1 Å². The van der Waals surface area contributed by atoms with E-state index >= 15 is 0 Å². The molecule has 0 radical (unpaired) electrons. The number of nitrogens with zero attached hydrogens (tertiary/aromatic N) is 2. The molecule has 2 aromatic heterocycles. The van der Waals surface area contributed by atoms with Crippen molar-refractivity contribution in [3.8, 4) is 33.6 Å². The smallest absolute Gasteiger partial charge is 0.238 e. The van der Waals surface area contributed by atoms with Gasteiger partial charge in [0.05, 0.1) is 10.6 Å². The summed E-state index contributed by atoms with van der Waals surface area (Å²) in [4.78, 5) is 4.48. The molecule has 0 amide bonds. The Morgan fingerprint density at radius 2 is 1.69 bits per heavy atom. The first-order chi connectivity index (χ1) is 13.8. The summed E-state index contributed by atoms with van der Waals surface area (Å²) in [6.07, 6.45) is 1.74. The lowest BCUT2D eigenvalue weighted by molar-refractivity contribution is 0.598. The molecule has 8 heteroatoms. The predicted octanol–water partition coefficient (Wildman–Crippen LogP) is 3.90. The molecule has 0 aliphatic rings. The molecule has 0 aliphatic heterocycles. The van der Waals surface area contributed by atoms with Crippen molar-refractivity contribution in [3.63, 3.8) is 0 Å².